The maximum Gasteiger partial charge on any atom is 0.407 e. The van der Waals surface area contributed by atoms with Gasteiger partial charge in [-0.3, -0.25) is 0 Å². The average molecular weight is 245 g/mol. The monoisotopic (exact) mass is 245 g/mol. The van der Waals surface area contributed by atoms with Gasteiger partial charge in [0, 0.05) is 18.2 Å². The molecule has 0 fully saturated rings. The SMILES string of the molecule is CCOC(=O)NCCOc1cc(F)cc(F)c1. The lowest BCUT2D eigenvalue weighted by molar-refractivity contribution is 0.150. The summed E-state index contributed by atoms with van der Waals surface area (Å²) in [4.78, 5) is 10.9. The van der Waals surface area contributed by atoms with Gasteiger partial charge in [0.05, 0.1) is 13.2 Å². The summed E-state index contributed by atoms with van der Waals surface area (Å²) in [7, 11) is 0. The van der Waals surface area contributed by atoms with Crippen molar-refractivity contribution in [1.82, 2.24) is 5.32 Å². The third-order valence-corrected chi connectivity index (χ3v) is 1.75. The van der Waals surface area contributed by atoms with Crippen LogP contribution < -0.4 is 10.1 Å². The summed E-state index contributed by atoms with van der Waals surface area (Å²) in [5.74, 6) is -1.34. The quantitative estimate of drug-likeness (QED) is 0.808. The zero-order valence-electron chi connectivity index (χ0n) is 9.33. The van der Waals surface area contributed by atoms with Gasteiger partial charge in [0.25, 0.3) is 0 Å². The maximum atomic E-state index is 12.8. The van der Waals surface area contributed by atoms with Crippen molar-refractivity contribution in [1.29, 1.82) is 0 Å². The van der Waals surface area contributed by atoms with E-state index in [0.717, 1.165) is 18.2 Å². The molecule has 1 aromatic rings. The van der Waals surface area contributed by atoms with Gasteiger partial charge >= 0.3 is 6.09 Å². The van der Waals surface area contributed by atoms with Gasteiger partial charge in [0.2, 0.25) is 0 Å². The molecule has 0 aliphatic rings. The fraction of sp³-hybridized carbons (Fsp3) is 0.364. The Bertz CT molecular complexity index is 365. The van der Waals surface area contributed by atoms with E-state index in [1.54, 1.807) is 6.92 Å². The molecule has 0 aliphatic carbocycles. The standard InChI is InChI=1S/C11H13F2NO3/c1-2-16-11(15)14-3-4-17-10-6-8(12)5-9(13)7-10/h5-7H,2-4H2,1H3,(H,14,15). The summed E-state index contributed by atoms with van der Waals surface area (Å²) in [6.07, 6.45) is -0.554. The van der Waals surface area contributed by atoms with Crippen LogP contribution in [0.5, 0.6) is 5.75 Å². The van der Waals surface area contributed by atoms with Gasteiger partial charge in [0.1, 0.15) is 24.0 Å². The number of hydrogen-bond donors (Lipinski definition) is 1. The Labute approximate surface area is 97.5 Å². The van der Waals surface area contributed by atoms with Crippen LogP contribution in [0.4, 0.5) is 13.6 Å². The van der Waals surface area contributed by atoms with E-state index in [4.69, 9.17) is 4.74 Å². The summed E-state index contributed by atoms with van der Waals surface area (Å²) in [6, 6.07) is 2.88. The highest BCUT2D eigenvalue weighted by atomic mass is 19.1. The number of halogens is 2. The Morgan fingerprint density at radius 2 is 1.94 bits per heavy atom. The third kappa shape index (κ3) is 5.14. The van der Waals surface area contributed by atoms with E-state index in [1.807, 2.05) is 0 Å². The minimum atomic E-state index is -0.710. The van der Waals surface area contributed by atoms with Crippen LogP contribution in [-0.2, 0) is 4.74 Å². The minimum absolute atomic E-state index is 0.0770. The van der Waals surface area contributed by atoms with Crippen LogP contribution in [0.2, 0.25) is 0 Å². The van der Waals surface area contributed by atoms with Crippen molar-refractivity contribution in [3.63, 3.8) is 0 Å². The van der Waals surface area contributed by atoms with Crippen molar-refractivity contribution in [3.8, 4) is 5.75 Å². The first-order valence-corrected chi connectivity index (χ1v) is 5.11. The number of carbonyl (C=O) groups is 1. The molecule has 1 N–H and O–H groups in total. The number of ether oxygens (including phenoxy) is 2. The fourth-order valence-electron chi connectivity index (χ4n) is 1.12. The average Bonchev–Trinajstić information content (AvgIpc) is 2.23. The van der Waals surface area contributed by atoms with Gasteiger partial charge in [-0.05, 0) is 6.92 Å². The van der Waals surface area contributed by atoms with Crippen LogP contribution in [0.25, 0.3) is 0 Å². The number of amides is 1. The Morgan fingerprint density at radius 3 is 2.53 bits per heavy atom. The van der Waals surface area contributed by atoms with E-state index in [-0.39, 0.29) is 25.5 Å². The minimum Gasteiger partial charge on any atom is -0.492 e. The van der Waals surface area contributed by atoms with Crippen molar-refractivity contribution in [2.75, 3.05) is 19.8 Å². The zero-order valence-corrected chi connectivity index (χ0v) is 9.33. The molecule has 0 atom stereocenters. The Hall–Kier alpha value is -1.85. The lowest BCUT2D eigenvalue weighted by atomic mass is 10.3. The molecule has 17 heavy (non-hydrogen) atoms. The number of alkyl carbamates (subject to hydrolysis) is 1. The van der Waals surface area contributed by atoms with Crippen LogP contribution in [0, 0.1) is 11.6 Å². The van der Waals surface area contributed by atoms with Crippen LogP contribution in [-0.4, -0.2) is 25.9 Å². The molecular formula is C11H13F2NO3. The lowest BCUT2D eigenvalue weighted by Gasteiger charge is -2.07. The molecule has 0 aromatic heterocycles. The van der Waals surface area contributed by atoms with E-state index < -0.39 is 17.7 Å². The molecule has 1 rings (SSSR count). The summed E-state index contributed by atoms with van der Waals surface area (Å²) < 4.78 is 35.2. The van der Waals surface area contributed by atoms with Crippen LogP contribution in [0.3, 0.4) is 0 Å². The van der Waals surface area contributed by atoms with E-state index in [1.165, 1.54) is 0 Å². The predicted molar refractivity (Wildman–Crippen MR) is 56.9 cm³/mol. The van der Waals surface area contributed by atoms with Gasteiger partial charge in [-0.15, -0.1) is 0 Å². The van der Waals surface area contributed by atoms with Gasteiger partial charge in [-0.2, -0.15) is 0 Å². The Kier molecular flexibility index (Phi) is 5.19. The first kappa shape index (κ1) is 13.2. The van der Waals surface area contributed by atoms with E-state index >= 15 is 0 Å². The van der Waals surface area contributed by atoms with Crippen LogP contribution in [0.1, 0.15) is 6.92 Å². The highest BCUT2D eigenvalue weighted by molar-refractivity contribution is 5.66. The summed E-state index contributed by atoms with van der Waals surface area (Å²) in [5.41, 5.74) is 0. The third-order valence-electron chi connectivity index (χ3n) is 1.75. The molecule has 0 bridgehead atoms. The van der Waals surface area contributed by atoms with Crippen molar-refractivity contribution in [2.45, 2.75) is 6.92 Å². The molecule has 1 aromatic carbocycles. The zero-order chi connectivity index (χ0) is 12.7. The Morgan fingerprint density at radius 1 is 1.29 bits per heavy atom. The molecule has 0 spiro atoms. The van der Waals surface area contributed by atoms with Crippen molar-refractivity contribution in [3.05, 3.63) is 29.8 Å². The van der Waals surface area contributed by atoms with Crippen LogP contribution in [0.15, 0.2) is 18.2 Å². The first-order valence-electron chi connectivity index (χ1n) is 5.11. The number of hydrogen-bond acceptors (Lipinski definition) is 3. The van der Waals surface area contributed by atoms with Crippen LogP contribution >= 0.6 is 0 Å². The maximum absolute atomic E-state index is 12.8. The highest BCUT2D eigenvalue weighted by Crippen LogP contribution is 2.14. The molecule has 0 saturated heterocycles. The highest BCUT2D eigenvalue weighted by Gasteiger charge is 2.02. The summed E-state index contributed by atoms with van der Waals surface area (Å²) in [5, 5.41) is 2.41. The topological polar surface area (TPSA) is 47.6 Å². The second kappa shape index (κ2) is 6.67. The largest absolute Gasteiger partial charge is 0.492 e. The van der Waals surface area contributed by atoms with E-state index in [9.17, 15) is 13.6 Å². The molecule has 0 unspecified atom stereocenters. The second-order valence-electron chi connectivity index (χ2n) is 3.10. The number of benzene rings is 1. The van der Waals surface area contributed by atoms with E-state index in [0.29, 0.717) is 0 Å². The molecular weight excluding hydrogens is 232 g/mol. The fourth-order valence-corrected chi connectivity index (χ4v) is 1.12. The molecule has 4 nitrogen and oxygen atoms in total. The lowest BCUT2D eigenvalue weighted by Crippen LogP contribution is -2.28. The number of nitrogens with one attached hydrogen (secondary N) is 1. The smallest absolute Gasteiger partial charge is 0.407 e. The first-order chi connectivity index (χ1) is 8.11. The van der Waals surface area contributed by atoms with Crippen molar-refractivity contribution in [2.24, 2.45) is 0 Å². The van der Waals surface area contributed by atoms with Gasteiger partial charge < -0.3 is 14.8 Å². The molecule has 0 aliphatic heterocycles. The normalized spacial score (nSPS) is 9.82. The van der Waals surface area contributed by atoms with E-state index in [2.05, 4.69) is 10.1 Å². The van der Waals surface area contributed by atoms with Gasteiger partial charge in [-0.25, -0.2) is 13.6 Å². The van der Waals surface area contributed by atoms with Gasteiger partial charge in [-0.1, -0.05) is 0 Å². The molecule has 0 radical (unpaired) electrons. The molecule has 6 heteroatoms. The number of carbonyl (C=O) groups excluding carboxylic acids is 1. The summed E-state index contributed by atoms with van der Waals surface area (Å²) >= 11 is 0. The number of rotatable bonds is 5. The predicted octanol–water partition coefficient (Wildman–Crippen LogP) is 2.09. The second-order valence-corrected chi connectivity index (χ2v) is 3.10. The van der Waals surface area contributed by atoms with Crippen molar-refractivity contribution < 1.29 is 23.0 Å². The molecule has 1 amide bonds. The van der Waals surface area contributed by atoms with Gasteiger partial charge in [0.15, 0.2) is 0 Å². The van der Waals surface area contributed by atoms with Crippen molar-refractivity contribution >= 4 is 6.09 Å². The Balaban J connectivity index is 2.28. The summed E-state index contributed by atoms with van der Waals surface area (Å²) in [6.45, 7) is 2.26. The molecule has 0 heterocycles. The molecule has 94 valence electrons. The molecule has 0 saturated carbocycles.